The number of rotatable bonds is 6. The van der Waals surface area contributed by atoms with E-state index in [9.17, 15) is 0 Å². The molecule has 0 aliphatic heterocycles. The van der Waals surface area contributed by atoms with Crippen molar-refractivity contribution in [2.75, 3.05) is 13.1 Å². The van der Waals surface area contributed by atoms with E-state index >= 15 is 0 Å². The highest BCUT2D eigenvalue weighted by Gasteiger charge is 2.03. The molecule has 21 heavy (non-hydrogen) atoms. The zero-order valence-electron chi connectivity index (χ0n) is 12.3. The number of aromatic nitrogens is 3. The average molecular weight is 288 g/mol. The Bertz CT molecular complexity index is 566. The van der Waals surface area contributed by atoms with Crippen molar-refractivity contribution in [2.24, 2.45) is 4.99 Å². The molecule has 0 aromatic carbocycles. The van der Waals surface area contributed by atoms with Gasteiger partial charge < -0.3 is 15.2 Å². The molecule has 7 nitrogen and oxygen atoms in total. The predicted octanol–water partition coefficient (Wildman–Crippen LogP) is 1.07. The van der Waals surface area contributed by atoms with E-state index in [1.807, 2.05) is 25.1 Å². The van der Waals surface area contributed by atoms with Crippen LogP contribution in [0.25, 0.3) is 0 Å². The largest absolute Gasteiger partial charge is 0.357 e. The van der Waals surface area contributed by atoms with E-state index in [0.29, 0.717) is 31.2 Å². The molecule has 0 aliphatic carbocycles. The van der Waals surface area contributed by atoms with Crippen molar-refractivity contribution in [3.05, 3.63) is 41.8 Å². The Morgan fingerprint density at radius 1 is 1.33 bits per heavy atom. The van der Waals surface area contributed by atoms with Crippen LogP contribution in [-0.2, 0) is 13.0 Å². The molecule has 2 N–H and O–H groups in total. The van der Waals surface area contributed by atoms with Gasteiger partial charge in [0.2, 0.25) is 5.89 Å². The second-order valence-electron chi connectivity index (χ2n) is 4.43. The van der Waals surface area contributed by atoms with Crippen LogP contribution in [0.4, 0.5) is 0 Å². The highest BCUT2D eigenvalue weighted by atomic mass is 16.5. The number of aliphatic imine (C=N–C) groups is 1. The van der Waals surface area contributed by atoms with E-state index in [1.165, 1.54) is 0 Å². The number of nitrogens with zero attached hydrogens (tertiary/aromatic N) is 4. The molecule has 0 fully saturated rings. The third-order valence-electron chi connectivity index (χ3n) is 2.67. The smallest absolute Gasteiger partial charge is 0.228 e. The predicted molar refractivity (Wildman–Crippen MR) is 79.8 cm³/mol. The van der Waals surface area contributed by atoms with Crippen LogP contribution in [0.1, 0.15) is 24.3 Å². The molecule has 0 aliphatic rings. The van der Waals surface area contributed by atoms with Gasteiger partial charge in [-0.15, -0.1) is 0 Å². The third-order valence-corrected chi connectivity index (χ3v) is 2.67. The zero-order valence-corrected chi connectivity index (χ0v) is 12.3. The van der Waals surface area contributed by atoms with Crippen LogP contribution in [-0.4, -0.2) is 34.2 Å². The Balaban J connectivity index is 1.83. The fraction of sp³-hybridized carbons (Fsp3) is 0.429. The van der Waals surface area contributed by atoms with Crippen molar-refractivity contribution in [3.63, 3.8) is 0 Å². The van der Waals surface area contributed by atoms with Crippen molar-refractivity contribution in [3.8, 4) is 0 Å². The second kappa shape index (κ2) is 7.98. The maximum Gasteiger partial charge on any atom is 0.228 e. The monoisotopic (exact) mass is 288 g/mol. The number of nitrogens with one attached hydrogen (secondary N) is 2. The van der Waals surface area contributed by atoms with Gasteiger partial charge in [0, 0.05) is 25.7 Å². The van der Waals surface area contributed by atoms with Crippen molar-refractivity contribution in [2.45, 2.75) is 26.8 Å². The molecule has 0 saturated carbocycles. The Kier molecular flexibility index (Phi) is 5.69. The van der Waals surface area contributed by atoms with Gasteiger partial charge in [0.1, 0.15) is 0 Å². The Morgan fingerprint density at radius 2 is 2.24 bits per heavy atom. The minimum absolute atomic E-state index is 0.538. The number of hydrogen-bond donors (Lipinski definition) is 2. The summed E-state index contributed by atoms with van der Waals surface area (Å²) in [7, 11) is 0. The van der Waals surface area contributed by atoms with Crippen molar-refractivity contribution < 1.29 is 4.52 Å². The van der Waals surface area contributed by atoms with Crippen LogP contribution in [0, 0.1) is 6.92 Å². The molecule has 0 spiro atoms. The van der Waals surface area contributed by atoms with Gasteiger partial charge in [0.25, 0.3) is 0 Å². The summed E-state index contributed by atoms with van der Waals surface area (Å²) in [4.78, 5) is 12.9. The van der Waals surface area contributed by atoms with E-state index in [0.717, 1.165) is 18.2 Å². The molecule has 0 unspecified atom stereocenters. The SMILES string of the molecule is CCNC(=NCc1ccccn1)NCCc1nc(C)no1. The number of hydrogen-bond acceptors (Lipinski definition) is 5. The first-order chi connectivity index (χ1) is 10.3. The van der Waals surface area contributed by atoms with Gasteiger partial charge in [-0.05, 0) is 26.0 Å². The van der Waals surface area contributed by atoms with Gasteiger partial charge >= 0.3 is 0 Å². The molecular formula is C14H20N6O. The van der Waals surface area contributed by atoms with Crippen LogP contribution in [0.2, 0.25) is 0 Å². The summed E-state index contributed by atoms with van der Waals surface area (Å²) in [6, 6.07) is 5.80. The third kappa shape index (κ3) is 5.21. The van der Waals surface area contributed by atoms with E-state index in [2.05, 4.69) is 30.8 Å². The summed E-state index contributed by atoms with van der Waals surface area (Å²) in [6.07, 6.45) is 2.43. The van der Waals surface area contributed by atoms with Crippen LogP contribution in [0.5, 0.6) is 0 Å². The molecule has 0 radical (unpaired) electrons. The normalized spacial score (nSPS) is 11.4. The second-order valence-corrected chi connectivity index (χ2v) is 4.43. The summed E-state index contributed by atoms with van der Waals surface area (Å²) in [5.41, 5.74) is 0.933. The molecule has 2 rings (SSSR count). The Labute approximate surface area is 123 Å². The summed E-state index contributed by atoms with van der Waals surface area (Å²) < 4.78 is 5.06. The molecule has 0 saturated heterocycles. The molecule has 2 aromatic heterocycles. The van der Waals surface area contributed by atoms with Gasteiger partial charge in [0.15, 0.2) is 11.8 Å². The van der Waals surface area contributed by atoms with E-state index in [1.54, 1.807) is 13.1 Å². The molecule has 0 bridgehead atoms. The minimum atomic E-state index is 0.538. The fourth-order valence-corrected chi connectivity index (χ4v) is 1.72. The fourth-order valence-electron chi connectivity index (χ4n) is 1.72. The maximum atomic E-state index is 5.06. The van der Waals surface area contributed by atoms with E-state index < -0.39 is 0 Å². The lowest BCUT2D eigenvalue weighted by molar-refractivity contribution is 0.374. The zero-order chi connectivity index (χ0) is 14.9. The molecule has 112 valence electrons. The van der Waals surface area contributed by atoms with Gasteiger partial charge in [-0.1, -0.05) is 11.2 Å². The topological polar surface area (TPSA) is 88.2 Å². The lowest BCUT2D eigenvalue weighted by Crippen LogP contribution is -2.38. The van der Waals surface area contributed by atoms with Crippen LogP contribution in [0.3, 0.4) is 0 Å². The van der Waals surface area contributed by atoms with Crippen LogP contribution < -0.4 is 10.6 Å². The lowest BCUT2D eigenvalue weighted by atomic mass is 10.3. The molecule has 7 heteroatoms. The number of guanidine groups is 1. The standard InChI is InChI=1S/C14H20N6O/c1-3-15-14(18-10-12-6-4-5-8-16-12)17-9-7-13-19-11(2)20-21-13/h4-6,8H,3,7,9-10H2,1-2H3,(H2,15,17,18). The van der Waals surface area contributed by atoms with Crippen LogP contribution >= 0.6 is 0 Å². The Morgan fingerprint density at radius 3 is 2.90 bits per heavy atom. The van der Waals surface area contributed by atoms with E-state index in [-0.39, 0.29) is 0 Å². The first kappa shape index (κ1) is 15.0. The highest BCUT2D eigenvalue weighted by Crippen LogP contribution is 1.97. The first-order valence-electron chi connectivity index (χ1n) is 6.99. The summed E-state index contributed by atoms with van der Waals surface area (Å²) >= 11 is 0. The summed E-state index contributed by atoms with van der Waals surface area (Å²) in [5.74, 6) is 2.03. The highest BCUT2D eigenvalue weighted by molar-refractivity contribution is 5.79. The van der Waals surface area contributed by atoms with Crippen LogP contribution in [0.15, 0.2) is 33.9 Å². The van der Waals surface area contributed by atoms with Gasteiger partial charge in [0.05, 0.1) is 12.2 Å². The van der Waals surface area contributed by atoms with Gasteiger partial charge in [-0.25, -0.2) is 4.99 Å². The minimum Gasteiger partial charge on any atom is -0.357 e. The average Bonchev–Trinajstić information content (AvgIpc) is 2.91. The summed E-state index contributed by atoms with van der Waals surface area (Å²) in [6.45, 7) is 5.84. The molecule has 0 atom stereocenters. The van der Waals surface area contributed by atoms with Crippen molar-refractivity contribution in [1.82, 2.24) is 25.8 Å². The molecule has 0 amide bonds. The maximum absolute atomic E-state index is 5.06. The molecule has 2 heterocycles. The number of pyridine rings is 1. The van der Waals surface area contributed by atoms with Crippen molar-refractivity contribution in [1.29, 1.82) is 0 Å². The van der Waals surface area contributed by atoms with E-state index in [4.69, 9.17) is 4.52 Å². The Hall–Kier alpha value is -2.44. The quantitative estimate of drug-likeness (QED) is 0.610. The van der Waals surface area contributed by atoms with Gasteiger partial charge in [-0.2, -0.15) is 4.98 Å². The van der Waals surface area contributed by atoms with Gasteiger partial charge in [-0.3, -0.25) is 4.98 Å². The molecule has 2 aromatic rings. The summed E-state index contributed by atoms with van der Waals surface area (Å²) in [5, 5.41) is 10.2. The first-order valence-corrected chi connectivity index (χ1v) is 6.99. The number of aryl methyl sites for hydroxylation is 1. The lowest BCUT2D eigenvalue weighted by Gasteiger charge is -2.10. The molecular weight excluding hydrogens is 268 g/mol. The van der Waals surface area contributed by atoms with Crippen molar-refractivity contribution >= 4 is 5.96 Å².